The second-order valence-corrected chi connectivity index (χ2v) is 8.09. The number of fused-ring (bicyclic) bond motifs is 1. The van der Waals surface area contributed by atoms with Gasteiger partial charge in [-0.25, -0.2) is 0 Å². The molecule has 3 saturated heterocycles. The highest BCUT2D eigenvalue weighted by Crippen LogP contribution is 2.32. The lowest BCUT2D eigenvalue weighted by molar-refractivity contribution is -0.129. The Morgan fingerprint density at radius 3 is 2.96 bits per heavy atom. The Labute approximate surface area is 142 Å². The first-order chi connectivity index (χ1) is 11.3. The lowest BCUT2D eigenvalue weighted by atomic mass is 9.88. The number of carbonyl (C=O) groups is 1. The summed E-state index contributed by atoms with van der Waals surface area (Å²) in [6, 6.07) is 2.06. The molecule has 23 heavy (non-hydrogen) atoms. The SMILES string of the molecule is O=C(Cc1ccsc1)N1C[C@H]2CN(CC3CCCO3)CC[C@H]2C1. The normalized spacial score (nSPS) is 31.5. The van der Waals surface area contributed by atoms with Gasteiger partial charge in [-0.1, -0.05) is 0 Å². The van der Waals surface area contributed by atoms with Gasteiger partial charge in [-0.05, 0) is 60.0 Å². The van der Waals surface area contributed by atoms with Crippen LogP contribution in [0.25, 0.3) is 0 Å². The van der Waals surface area contributed by atoms with Gasteiger partial charge in [0.2, 0.25) is 5.91 Å². The second kappa shape index (κ2) is 6.91. The van der Waals surface area contributed by atoms with E-state index in [-0.39, 0.29) is 0 Å². The van der Waals surface area contributed by atoms with Crippen molar-refractivity contribution in [1.82, 2.24) is 9.80 Å². The van der Waals surface area contributed by atoms with Gasteiger partial charge in [0.25, 0.3) is 0 Å². The number of nitrogens with zero attached hydrogens (tertiary/aromatic N) is 2. The molecule has 0 aromatic carbocycles. The van der Waals surface area contributed by atoms with E-state index < -0.39 is 0 Å². The van der Waals surface area contributed by atoms with E-state index in [4.69, 9.17) is 4.74 Å². The molecule has 5 heteroatoms. The Hall–Kier alpha value is -0.910. The van der Waals surface area contributed by atoms with Crippen molar-refractivity contribution in [3.05, 3.63) is 22.4 Å². The first kappa shape index (κ1) is 15.6. The quantitative estimate of drug-likeness (QED) is 0.847. The zero-order chi connectivity index (χ0) is 15.6. The van der Waals surface area contributed by atoms with Gasteiger partial charge in [0, 0.05) is 32.8 Å². The van der Waals surface area contributed by atoms with Crippen molar-refractivity contribution in [2.75, 3.05) is 39.3 Å². The monoisotopic (exact) mass is 334 g/mol. The summed E-state index contributed by atoms with van der Waals surface area (Å²) in [6.45, 7) is 6.28. The van der Waals surface area contributed by atoms with Crippen molar-refractivity contribution in [2.24, 2.45) is 11.8 Å². The second-order valence-electron chi connectivity index (χ2n) is 7.31. The zero-order valence-electron chi connectivity index (χ0n) is 13.7. The molecule has 0 bridgehead atoms. The molecule has 0 spiro atoms. The Morgan fingerprint density at radius 2 is 2.17 bits per heavy atom. The molecular weight excluding hydrogens is 308 g/mol. The Balaban J connectivity index is 1.29. The van der Waals surface area contributed by atoms with E-state index in [1.165, 1.54) is 25.8 Å². The Morgan fingerprint density at radius 1 is 1.26 bits per heavy atom. The van der Waals surface area contributed by atoms with Crippen molar-refractivity contribution < 1.29 is 9.53 Å². The number of ether oxygens (including phenoxy) is 1. The number of rotatable bonds is 4. The van der Waals surface area contributed by atoms with Crippen LogP contribution in [0.4, 0.5) is 0 Å². The average molecular weight is 334 g/mol. The van der Waals surface area contributed by atoms with Crippen LogP contribution in [-0.4, -0.2) is 61.1 Å². The number of amides is 1. The van der Waals surface area contributed by atoms with Crippen LogP contribution in [0.1, 0.15) is 24.8 Å². The van der Waals surface area contributed by atoms with Crippen LogP contribution in [-0.2, 0) is 16.0 Å². The van der Waals surface area contributed by atoms with Gasteiger partial charge in [-0.3, -0.25) is 4.79 Å². The van der Waals surface area contributed by atoms with E-state index in [1.807, 2.05) is 0 Å². The molecule has 3 aliphatic heterocycles. The lowest BCUT2D eigenvalue weighted by Gasteiger charge is -2.35. The van der Waals surface area contributed by atoms with Crippen molar-refractivity contribution in [3.63, 3.8) is 0 Å². The lowest BCUT2D eigenvalue weighted by Crippen LogP contribution is -2.43. The van der Waals surface area contributed by atoms with Crippen molar-refractivity contribution in [3.8, 4) is 0 Å². The summed E-state index contributed by atoms with van der Waals surface area (Å²) in [7, 11) is 0. The maximum Gasteiger partial charge on any atom is 0.227 e. The molecule has 3 aliphatic rings. The number of carbonyl (C=O) groups excluding carboxylic acids is 1. The van der Waals surface area contributed by atoms with Gasteiger partial charge in [0.1, 0.15) is 0 Å². The third-order valence-corrected chi connectivity index (χ3v) is 6.39. The first-order valence-electron chi connectivity index (χ1n) is 8.91. The standard InChI is InChI=1S/C18H26N2O2S/c21-18(8-14-4-7-23-13-14)20-10-15-3-5-19(9-16(15)11-20)12-17-2-1-6-22-17/h4,7,13,15-17H,1-3,5-6,8-12H2/t15-,16+,17?/m0/s1. The van der Waals surface area contributed by atoms with Crippen LogP contribution in [0, 0.1) is 11.8 Å². The number of thiophene rings is 1. The number of hydrogen-bond donors (Lipinski definition) is 0. The molecule has 1 aromatic rings. The summed E-state index contributed by atoms with van der Waals surface area (Å²) in [4.78, 5) is 17.2. The van der Waals surface area contributed by atoms with E-state index in [2.05, 4.69) is 26.6 Å². The minimum atomic E-state index is 0.309. The molecule has 1 amide bonds. The Kier molecular flexibility index (Phi) is 4.69. The van der Waals surface area contributed by atoms with Gasteiger partial charge in [0.15, 0.2) is 0 Å². The molecular formula is C18H26N2O2S. The minimum absolute atomic E-state index is 0.309. The van der Waals surface area contributed by atoms with Gasteiger partial charge in [-0.2, -0.15) is 11.3 Å². The highest BCUT2D eigenvalue weighted by Gasteiger charge is 2.39. The van der Waals surface area contributed by atoms with Gasteiger partial charge < -0.3 is 14.5 Å². The maximum absolute atomic E-state index is 12.5. The van der Waals surface area contributed by atoms with Crippen molar-refractivity contribution in [1.29, 1.82) is 0 Å². The van der Waals surface area contributed by atoms with Crippen LogP contribution >= 0.6 is 11.3 Å². The van der Waals surface area contributed by atoms with E-state index in [0.717, 1.165) is 38.3 Å². The summed E-state index contributed by atoms with van der Waals surface area (Å²) in [5, 5.41) is 4.14. The predicted molar refractivity (Wildman–Crippen MR) is 91.6 cm³/mol. The highest BCUT2D eigenvalue weighted by atomic mass is 32.1. The van der Waals surface area contributed by atoms with E-state index in [1.54, 1.807) is 11.3 Å². The smallest absolute Gasteiger partial charge is 0.227 e. The molecule has 126 valence electrons. The van der Waals surface area contributed by atoms with E-state index in [0.29, 0.717) is 30.3 Å². The topological polar surface area (TPSA) is 32.8 Å². The number of piperidine rings is 1. The molecule has 1 unspecified atom stereocenters. The summed E-state index contributed by atoms with van der Waals surface area (Å²) in [5.74, 6) is 1.68. The van der Waals surface area contributed by atoms with E-state index >= 15 is 0 Å². The van der Waals surface area contributed by atoms with Gasteiger partial charge >= 0.3 is 0 Å². The highest BCUT2D eigenvalue weighted by molar-refractivity contribution is 7.07. The molecule has 4 rings (SSSR count). The molecule has 4 heterocycles. The zero-order valence-corrected chi connectivity index (χ0v) is 14.5. The summed E-state index contributed by atoms with van der Waals surface area (Å²) in [5.41, 5.74) is 1.16. The third-order valence-electron chi connectivity index (χ3n) is 5.66. The van der Waals surface area contributed by atoms with Crippen molar-refractivity contribution in [2.45, 2.75) is 31.8 Å². The van der Waals surface area contributed by atoms with Crippen LogP contribution in [0.3, 0.4) is 0 Å². The molecule has 0 aliphatic carbocycles. The minimum Gasteiger partial charge on any atom is -0.377 e. The largest absolute Gasteiger partial charge is 0.377 e. The maximum atomic E-state index is 12.5. The van der Waals surface area contributed by atoms with Gasteiger partial charge in [0.05, 0.1) is 12.5 Å². The first-order valence-corrected chi connectivity index (χ1v) is 9.85. The molecule has 1 aromatic heterocycles. The average Bonchev–Trinajstić information content (AvgIpc) is 3.27. The fraction of sp³-hybridized carbons (Fsp3) is 0.722. The fourth-order valence-electron chi connectivity index (χ4n) is 4.37. The van der Waals surface area contributed by atoms with Crippen LogP contribution in [0.5, 0.6) is 0 Å². The number of hydrogen-bond acceptors (Lipinski definition) is 4. The molecule has 4 nitrogen and oxygen atoms in total. The molecule has 0 saturated carbocycles. The van der Waals surface area contributed by atoms with Crippen LogP contribution in [0.15, 0.2) is 16.8 Å². The Bertz CT molecular complexity index is 527. The third kappa shape index (κ3) is 3.62. The molecule has 0 radical (unpaired) electrons. The van der Waals surface area contributed by atoms with E-state index in [9.17, 15) is 4.79 Å². The molecule has 3 atom stereocenters. The molecule has 3 fully saturated rings. The predicted octanol–water partition coefficient (Wildman–Crippen LogP) is 2.25. The summed E-state index contributed by atoms with van der Waals surface area (Å²) in [6.07, 6.45) is 4.69. The van der Waals surface area contributed by atoms with Gasteiger partial charge in [-0.15, -0.1) is 0 Å². The van der Waals surface area contributed by atoms with Crippen molar-refractivity contribution >= 4 is 17.2 Å². The van der Waals surface area contributed by atoms with Crippen LogP contribution in [0.2, 0.25) is 0 Å². The fourth-order valence-corrected chi connectivity index (χ4v) is 5.04. The molecule has 0 N–H and O–H groups in total. The summed E-state index contributed by atoms with van der Waals surface area (Å²) < 4.78 is 5.78. The number of likely N-dealkylation sites (tertiary alicyclic amines) is 2. The van der Waals surface area contributed by atoms with Crippen LogP contribution < -0.4 is 0 Å². The summed E-state index contributed by atoms with van der Waals surface area (Å²) >= 11 is 1.67.